The number of nitrogens with one attached hydrogen (secondary N) is 1. The summed E-state index contributed by atoms with van der Waals surface area (Å²) in [6, 6.07) is 6.75. The molecule has 1 aromatic carbocycles. The second kappa shape index (κ2) is 7.97. The third-order valence-electron chi connectivity index (χ3n) is 3.75. The molecule has 2 rings (SSSR count). The SMILES string of the molecule is O=[N+]([O-])c1ccc(CNCCCN2CCCCC2)cc1. The van der Waals surface area contributed by atoms with E-state index in [0.717, 1.165) is 25.1 Å². The summed E-state index contributed by atoms with van der Waals surface area (Å²) in [6.45, 7) is 5.45. The molecule has 0 bridgehead atoms. The second-order valence-corrected chi connectivity index (χ2v) is 5.36. The molecule has 0 radical (unpaired) electrons. The summed E-state index contributed by atoms with van der Waals surface area (Å²) in [6.07, 6.45) is 5.23. The average Bonchev–Trinajstić information content (AvgIpc) is 2.48. The highest BCUT2D eigenvalue weighted by Gasteiger charge is 2.08. The Morgan fingerprint density at radius 1 is 1.15 bits per heavy atom. The second-order valence-electron chi connectivity index (χ2n) is 5.36. The van der Waals surface area contributed by atoms with Crippen molar-refractivity contribution in [2.24, 2.45) is 0 Å². The summed E-state index contributed by atoms with van der Waals surface area (Å²) in [7, 11) is 0. The van der Waals surface area contributed by atoms with Gasteiger partial charge < -0.3 is 10.2 Å². The first-order chi connectivity index (χ1) is 9.75. The Morgan fingerprint density at radius 3 is 2.50 bits per heavy atom. The van der Waals surface area contributed by atoms with Crippen molar-refractivity contribution in [2.45, 2.75) is 32.2 Å². The van der Waals surface area contributed by atoms with Crippen LogP contribution in [0.1, 0.15) is 31.2 Å². The van der Waals surface area contributed by atoms with E-state index in [9.17, 15) is 10.1 Å². The van der Waals surface area contributed by atoms with Gasteiger partial charge in [0.1, 0.15) is 0 Å². The van der Waals surface area contributed by atoms with E-state index in [2.05, 4.69) is 10.2 Å². The maximum Gasteiger partial charge on any atom is 0.269 e. The lowest BCUT2D eigenvalue weighted by Crippen LogP contribution is -2.32. The third kappa shape index (κ3) is 4.90. The van der Waals surface area contributed by atoms with Gasteiger partial charge in [-0.25, -0.2) is 0 Å². The van der Waals surface area contributed by atoms with Crippen LogP contribution >= 0.6 is 0 Å². The van der Waals surface area contributed by atoms with Crippen molar-refractivity contribution in [3.05, 3.63) is 39.9 Å². The van der Waals surface area contributed by atoms with Gasteiger partial charge >= 0.3 is 0 Å². The van der Waals surface area contributed by atoms with E-state index in [0.29, 0.717) is 0 Å². The molecule has 0 unspecified atom stereocenters. The fourth-order valence-corrected chi connectivity index (χ4v) is 2.58. The third-order valence-corrected chi connectivity index (χ3v) is 3.75. The zero-order valence-corrected chi connectivity index (χ0v) is 11.9. The fourth-order valence-electron chi connectivity index (χ4n) is 2.58. The zero-order valence-electron chi connectivity index (χ0n) is 11.9. The van der Waals surface area contributed by atoms with E-state index in [1.807, 2.05) is 12.1 Å². The molecule has 1 aliphatic rings. The van der Waals surface area contributed by atoms with Crippen LogP contribution in [0.2, 0.25) is 0 Å². The van der Waals surface area contributed by atoms with Gasteiger partial charge in [-0.05, 0) is 51.0 Å². The Kier molecular flexibility index (Phi) is 5.95. The molecule has 1 N–H and O–H groups in total. The number of hydrogen-bond donors (Lipinski definition) is 1. The summed E-state index contributed by atoms with van der Waals surface area (Å²) in [5.74, 6) is 0. The largest absolute Gasteiger partial charge is 0.313 e. The lowest BCUT2D eigenvalue weighted by molar-refractivity contribution is -0.384. The van der Waals surface area contributed by atoms with Crippen molar-refractivity contribution in [3.8, 4) is 0 Å². The van der Waals surface area contributed by atoms with Crippen molar-refractivity contribution >= 4 is 5.69 Å². The summed E-state index contributed by atoms with van der Waals surface area (Å²) in [5.41, 5.74) is 1.24. The van der Waals surface area contributed by atoms with Crippen LogP contribution in [0.4, 0.5) is 5.69 Å². The summed E-state index contributed by atoms with van der Waals surface area (Å²) in [4.78, 5) is 12.7. The smallest absolute Gasteiger partial charge is 0.269 e. The van der Waals surface area contributed by atoms with E-state index < -0.39 is 0 Å². The van der Waals surface area contributed by atoms with Gasteiger partial charge in [0.25, 0.3) is 5.69 Å². The lowest BCUT2D eigenvalue weighted by Gasteiger charge is -2.26. The predicted molar refractivity (Wildman–Crippen MR) is 79.7 cm³/mol. The molecule has 1 heterocycles. The molecule has 5 heteroatoms. The number of non-ortho nitro benzene ring substituents is 1. The monoisotopic (exact) mass is 277 g/mol. The number of rotatable bonds is 7. The molecule has 0 aromatic heterocycles. The van der Waals surface area contributed by atoms with Crippen molar-refractivity contribution in [2.75, 3.05) is 26.2 Å². The van der Waals surface area contributed by atoms with Crippen molar-refractivity contribution < 1.29 is 4.92 Å². The summed E-state index contributed by atoms with van der Waals surface area (Å²) in [5, 5.41) is 13.9. The minimum Gasteiger partial charge on any atom is -0.313 e. The fraction of sp³-hybridized carbons (Fsp3) is 0.600. The van der Waals surface area contributed by atoms with Crippen LogP contribution in [0.5, 0.6) is 0 Å². The Balaban J connectivity index is 1.59. The summed E-state index contributed by atoms with van der Waals surface area (Å²) < 4.78 is 0. The van der Waals surface area contributed by atoms with Gasteiger partial charge in [-0.15, -0.1) is 0 Å². The number of nitro groups is 1. The van der Waals surface area contributed by atoms with Gasteiger partial charge in [0.15, 0.2) is 0 Å². The number of nitro benzene ring substituents is 1. The topological polar surface area (TPSA) is 58.4 Å². The number of likely N-dealkylation sites (tertiary alicyclic amines) is 1. The molecule has 0 aliphatic carbocycles. The minimum atomic E-state index is -0.365. The van der Waals surface area contributed by atoms with Crippen molar-refractivity contribution in [1.29, 1.82) is 0 Å². The number of hydrogen-bond acceptors (Lipinski definition) is 4. The van der Waals surface area contributed by atoms with Crippen LogP contribution in [0.25, 0.3) is 0 Å². The van der Waals surface area contributed by atoms with Crippen LogP contribution in [0, 0.1) is 10.1 Å². The molecule has 110 valence electrons. The Bertz CT molecular complexity index is 414. The van der Waals surface area contributed by atoms with Gasteiger partial charge in [-0.1, -0.05) is 18.6 Å². The highest BCUT2D eigenvalue weighted by Crippen LogP contribution is 2.11. The molecule has 0 saturated carbocycles. The maximum atomic E-state index is 10.5. The quantitative estimate of drug-likeness (QED) is 0.473. The Labute approximate surface area is 120 Å². The first-order valence-corrected chi connectivity index (χ1v) is 7.42. The van der Waals surface area contributed by atoms with Crippen LogP contribution in [-0.2, 0) is 6.54 Å². The van der Waals surface area contributed by atoms with Crippen LogP contribution in [0.15, 0.2) is 24.3 Å². The standard InChI is InChI=1S/C15H23N3O2/c19-18(20)15-7-5-14(6-8-15)13-16-9-4-12-17-10-2-1-3-11-17/h5-8,16H,1-4,9-13H2. The highest BCUT2D eigenvalue weighted by atomic mass is 16.6. The molecule has 1 saturated heterocycles. The lowest BCUT2D eigenvalue weighted by atomic mass is 10.1. The van der Waals surface area contributed by atoms with Gasteiger partial charge in [0.2, 0.25) is 0 Å². The normalized spacial score (nSPS) is 16.2. The number of piperidine rings is 1. The van der Waals surface area contributed by atoms with E-state index in [4.69, 9.17) is 0 Å². The maximum absolute atomic E-state index is 10.5. The van der Waals surface area contributed by atoms with Gasteiger partial charge in [-0.2, -0.15) is 0 Å². The minimum absolute atomic E-state index is 0.152. The number of nitrogens with zero attached hydrogens (tertiary/aromatic N) is 2. The summed E-state index contributed by atoms with van der Waals surface area (Å²) >= 11 is 0. The van der Waals surface area contributed by atoms with E-state index >= 15 is 0 Å². The first kappa shape index (κ1) is 14.9. The molecular formula is C15H23N3O2. The molecule has 0 atom stereocenters. The molecule has 1 aliphatic heterocycles. The van der Waals surface area contributed by atoms with Crippen LogP contribution in [-0.4, -0.2) is 36.0 Å². The molecule has 1 aromatic rings. The van der Waals surface area contributed by atoms with Crippen LogP contribution in [0.3, 0.4) is 0 Å². The van der Waals surface area contributed by atoms with Gasteiger partial charge in [0, 0.05) is 18.7 Å². The molecule has 5 nitrogen and oxygen atoms in total. The average molecular weight is 277 g/mol. The van der Waals surface area contributed by atoms with E-state index in [1.54, 1.807) is 12.1 Å². The molecular weight excluding hydrogens is 254 g/mol. The van der Waals surface area contributed by atoms with Crippen LogP contribution < -0.4 is 5.32 Å². The highest BCUT2D eigenvalue weighted by molar-refractivity contribution is 5.32. The first-order valence-electron chi connectivity index (χ1n) is 7.42. The van der Waals surface area contributed by atoms with Crippen molar-refractivity contribution in [1.82, 2.24) is 10.2 Å². The van der Waals surface area contributed by atoms with E-state index in [-0.39, 0.29) is 10.6 Å². The molecule has 1 fully saturated rings. The molecule has 0 spiro atoms. The van der Waals surface area contributed by atoms with E-state index in [1.165, 1.54) is 38.9 Å². The van der Waals surface area contributed by atoms with Gasteiger partial charge in [0.05, 0.1) is 4.92 Å². The predicted octanol–water partition coefficient (Wildman–Crippen LogP) is 2.56. The van der Waals surface area contributed by atoms with Crippen molar-refractivity contribution in [3.63, 3.8) is 0 Å². The Hall–Kier alpha value is -1.46. The van der Waals surface area contributed by atoms with Gasteiger partial charge in [-0.3, -0.25) is 10.1 Å². The molecule has 0 amide bonds. The Morgan fingerprint density at radius 2 is 1.85 bits per heavy atom. The zero-order chi connectivity index (χ0) is 14.2. The number of benzene rings is 1. The molecule has 20 heavy (non-hydrogen) atoms.